The van der Waals surface area contributed by atoms with E-state index in [9.17, 15) is 43.5 Å². The number of hydrogen-bond acceptors (Lipinski definition) is 11. The van der Waals surface area contributed by atoms with Crippen molar-refractivity contribution in [1.82, 2.24) is 20.0 Å². The lowest BCUT2D eigenvalue weighted by atomic mass is 10.1. The van der Waals surface area contributed by atoms with Crippen LogP contribution in [0.15, 0.2) is 0 Å². The van der Waals surface area contributed by atoms with Crippen molar-refractivity contribution < 1.29 is 63.9 Å². The van der Waals surface area contributed by atoms with Gasteiger partial charge in [0.25, 0.3) is 0 Å². The number of aliphatic carboxylic acids is 5. The molecule has 0 radical (unpaired) electrons. The van der Waals surface area contributed by atoms with Gasteiger partial charge in [0.15, 0.2) is 0 Å². The molecule has 41 heavy (non-hydrogen) atoms. The number of carbonyl (C=O) groups excluding carboxylic acids is 3. The topological polar surface area (TPSA) is 311 Å². The van der Waals surface area contributed by atoms with Gasteiger partial charge in [0.1, 0.15) is 6.04 Å². The third-order valence-corrected chi connectivity index (χ3v) is 5.46. The third kappa shape index (κ3) is 17.8. The number of hydrogen-bond donors (Lipinski definition) is 8. The second-order valence-corrected chi connectivity index (χ2v) is 8.93. The van der Waals surface area contributed by atoms with Crippen LogP contribution in [0.5, 0.6) is 0 Å². The van der Waals surface area contributed by atoms with Gasteiger partial charge >= 0.3 is 29.8 Å². The Hall–Kier alpha value is -4.36. The molecule has 232 valence electrons. The lowest BCUT2D eigenvalue weighted by Crippen LogP contribution is -2.49. The monoisotopic (exact) mass is 592 g/mol. The Kier molecular flexibility index (Phi) is 16.8. The average molecular weight is 593 g/mol. The summed E-state index contributed by atoms with van der Waals surface area (Å²) >= 11 is 0. The smallest absolute Gasteiger partial charge is 0.326 e. The molecule has 0 rings (SSSR count). The van der Waals surface area contributed by atoms with Crippen LogP contribution in [0.1, 0.15) is 25.7 Å². The Morgan fingerprint density at radius 3 is 1.39 bits per heavy atom. The predicted molar refractivity (Wildman–Crippen MR) is 135 cm³/mol. The van der Waals surface area contributed by atoms with Crippen LogP contribution in [0.3, 0.4) is 0 Å². The molecule has 2 atom stereocenters. The number of nitrogens with zero attached hydrogens (tertiary/aromatic N) is 3. The van der Waals surface area contributed by atoms with Crippen molar-refractivity contribution in [3.8, 4) is 0 Å². The first kappa shape index (κ1) is 36.6. The van der Waals surface area contributed by atoms with E-state index in [1.54, 1.807) is 0 Å². The highest BCUT2D eigenvalue weighted by Crippen LogP contribution is 2.05. The first-order chi connectivity index (χ1) is 19.0. The highest BCUT2D eigenvalue weighted by Gasteiger charge is 2.26. The van der Waals surface area contributed by atoms with E-state index in [1.807, 2.05) is 0 Å². The molecular formula is C22H36N6O13. The molecule has 0 aliphatic rings. The van der Waals surface area contributed by atoms with Gasteiger partial charge in [0.05, 0.1) is 32.2 Å². The van der Waals surface area contributed by atoms with E-state index >= 15 is 0 Å². The van der Waals surface area contributed by atoms with Crippen LogP contribution < -0.4 is 16.8 Å². The molecule has 0 aliphatic heterocycles. The minimum Gasteiger partial charge on any atom is -0.480 e. The predicted octanol–water partition coefficient (Wildman–Crippen LogP) is -4.30. The molecule has 0 heterocycles. The van der Waals surface area contributed by atoms with E-state index in [2.05, 4.69) is 5.32 Å². The molecule has 0 saturated heterocycles. The zero-order valence-electron chi connectivity index (χ0n) is 22.1. The Bertz CT molecular complexity index is 904. The fourth-order valence-corrected chi connectivity index (χ4v) is 3.47. The summed E-state index contributed by atoms with van der Waals surface area (Å²) in [4.78, 5) is 95.1. The van der Waals surface area contributed by atoms with Gasteiger partial charge in [-0.2, -0.15) is 0 Å². The zero-order valence-corrected chi connectivity index (χ0v) is 22.1. The quantitative estimate of drug-likeness (QED) is 0.0556. The SMILES string of the molecule is NC(=O)CC[C@H](NC(=O)[C@@H](N)CCC(=O)N(CCN(CC(=O)O)CC(=O)O)CCN(CC(=O)O)CC(=O)O)C(=O)O. The van der Waals surface area contributed by atoms with Crippen LogP contribution in [-0.4, -0.2) is 152 Å². The molecule has 0 aliphatic carbocycles. The summed E-state index contributed by atoms with van der Waals surface area (Å²) in [6.45, 7) is -3.57. The first-order valence-corrected chi connectivity index (χ1v) is 12.2. The van der Waals surface area contributed by atoms with Crippen molar-refractivity contribution in [3.63, 3.8) is 0 Å². The van der Waals surface area contributed by atoms with Gasteiger partial charge in [0, 0.05) is 39.0 Å². The largest absolute Gasteiger partial charge is 0.480 e. The van der Waals surface area contributed by atoms with Crippen molar-refractivity contribution in [2.45, 2.75) is 37.8 Å². The van der Waals surface area contributed by atoms with E-state index in [1.165, 1.54) is 0 Å². The molecule has 0 bridgehead atoms. The number of nitrogens with one attached hydrogen (secondary N) is 1. The van der Waals surface area contributed by atoms with E-state index < -0.39 is 85.8 Å². The molecule has 0 aromatic rings. The lowest BCUT2D eigenvalue weighted by Gasteiger charge is -2.29. The zero-order chi connectivity index (χ0) is 31.7. The minimum atomic E-state index is -1.46. The summed E-state index contributed by atoms with van der Waals surface area (Å²) in [6, 6.07) is -2.82. The molecule has 19 nitrogen and oxygen atoms in total. The fourth-order valence-electron chi connectivity index (χ4n) is 3.47. The molecule has 0 fully saturated rings. The summed E-state index contributed by atoms with van der Waals surface area (Å²) < 4.78 is 0. The molecule has 19 heteroatoms. The van der Waals surface area contributed by atoms with Crippen LogP contribution in [0, 0.1) is 0 Å². The van der Waals surface area contributed by atoms with Gasteiger partial charge < -0.3 is 47.2 Å². The molecule has 0 unspecified atom stereocenters. The number of amides is 3. The minimum absolute atomic E-state index is 0.227. The summed E-state index contributed by atoms with van der Waals surface area (Å²) in [7, 11) is 0. The second-order valence-electron chi connectivity index (χ2n) is 8.93. The summed E-state index contributed by atoms with van der Waals surface area (Å²) in [5.74, 6) is -9.12. The highest BCUT2D eigenvalue weighted by molar-refractivity contribution is 5.87. The number of carboxylic acid groups (broad SMARTS) is 5. The van der Waals surface area contributed by atoms with Crippen LogP contribution >= 0.6 is 0 Å². The maximum absolute atomic E-state index is 13.0. The molecule has 0 aromatic heterocycles. The molecule has 0 saturated carbocycles. The average Bonchev–Trinajstić information content (AvgIpc) is 2.82. The number of primary amides is 1. The van der Waals surface area contributed by atoms with Crippen LogP contribution in [0.4, 0.5) is 0 Å². The molecule has 10 N–H and O–H groups in total. The van der Waals surface area contributed by atoms with E-state index in [0.29, 0.717) is 0 Å². The van der Waals surface area contributed by atoms with Gasteiger partial charge in [-0.15, -0.1) is 0 Å². The Balaban J connectivity index is 5.49. The summed E-state index contributed by atoms with van der Waals surface area (Å²) in [5, 5.41) is 47.5. The lowest BCUT2D eigenvalue weighted by molar-refractivity contribution is -0.143. The summed E-state index contributed by atoms with van der Waals surface area (Å²) in [5.41, 5.74) is 10.8. The van der Waals surface area contributed by atoms with Crippen molar-refractivity contribution in [2.75, 3.05) is 52.4 Å². The Morgan fingerprint density at radius 2 is 1.05 bits per heavy atom. The normalized spacial score (nSPS) is 12.4. The van der Waals surface area contributed by atoms with Crippen molar-refractivity contribution in [1.29, 1.82) is 0 Å². The standard InChI is InChI=1S/C22H36N6O13/c23-13(21(39)25-14(22(40)41)2-3-15(24)29)1-4-16(30)28(7-5-26(9-17(31)32)10-18(33)34)8-6-27(11-19(35)36)12-20(37)38/h13-14H,1-12,23H2,(H2,24,29)(H,25,39)(H,31,32)(H,33,34)(H,35,36)(H,37,38)(H,40,41)/t13-,14-/m0/s1. The molecular weight excluding hydrogens is 556 g/mol. The van der Waals surface area contributed by atoms with Crippen LogP contribution in [-0.2, 0) is 38.4 Å². The van der Waals surface area contributed by atoms with Gasteiger partial charge in [-0.3, -0.25) is 43.4 Å². The van der Waals surface area contributed by atoms with Gasteiger partial charge in [-0.05, 0) is 12.8 Å². The Labute approximate surface area is 233 Å². The number of carboxylic acids is 5. The van der Waals surface area contributed by atoms with E-state index in [-0.39, 0.29) is 51.9 Å². The molecule has 0 aromatic carbocycles. The summed E-state index contributed by atoms with van der Waals surface area (Å²) in [6.07, 6.45) is -1.28. The van der Waals surface area contributed by atoms with E-state index in [4.69, 9.17) is 31.9 Å². The first-order valence-electron chi connectivity index (χ1n) is 12.2. The maximum Gasteiger partial charge on any atom is 0.326 e. The molecule has 3 amide bonds. The van der Waals surface area contributed by atoms with Crippen molar-refractivity contribution >= 4 is 47.6 Å². The Morgan fingerprint density at radius 1 is 0.634 bits per heavy atom. The van der Waals surface area contributed by atoms with Gasteiger partial charge in [-0.1, -0.05) is 0 Å². The van der Waals surface area contributed by atoms with Crippen molar-refractivity contribution in [3.05, 3.63) is 0 Å². The molecule has 0 spiro atoms. The third-order valence-electron chi connectivity index (χ3n) is 5.46. The van der Waals surface area contributed by atoms with E-state index in [0.717, 1.165) is 14.7 Å². The number of carbonyl (C=O) groups is 8. The second kappa shape index (κ2) is 18.8. The van der Waals surface area contributed by atoms with Gasteiger partial charge in [0.2, 0.25) is 17.7 Å². The fraction of sp³-hybridized carbons (Fsp3) is 0.636. The van der Waals surface area contributed by atoms with Crippen LogP contribution in [0.2, 0.25) is 0 Å². The highest BCUT2D eigenvalue weighted by atomic mass is 16.4. The van der Waals surface area contributed by atoms with Crippen LogP contribution in [0.25, 0.3) is 0 Å². The van der Waals surface area contributed by atoms with Gasteiger partial charge in [-0.25, -0.2) is 4.79 Å². The number of rotatable bonds is 23. The van der Waals surface area contributed by atoms with Crippen molar-refractivity contribution in [2.24, 2.45) is 11.5 Å². The maximum atomic E-state index is 13.0. The number of nitrogens with two attached hydrogens (primary N) is 2.